The van der Waals surface area contributed by atoms with Gasteiger partial charge in [0.25, 0.3) is 0 Å². The first-order chi connectivity index (χ1) is 8.72. The maximum atomic E-state index is 12.6. The summed E-state index contributed by atoms with van der Waals surface area (Å²) >= 11 is 6.13. The standard InChI is InChI=1S/C14H20ClNOS/c1-2-16-11-6-5-7-12(10-11)18(17)14-9-4-3-8-13(14)15/h3-4,8-9,11-12,16H,2,5-7,10H2,1H3. The minimum absolute atomic E-state index is 0.239. The normalized spacial score (nSPS) is 25.9. The van der Waals surface area contributed by atoms with Crippen LogP contribution in [0.4, 0.5) is 0 Å². The van der Waals surface area contributed by atoms with Crippen molar-refractivity contribution in [1.29, 1.82) is 0 Å². The van der Waals surface area contributed by atoms with Crippen LogP contribution in [0.25, 0.3) is 0 Å². The maximum Gasteiger partial charge on any atom is 0.0577 e. The second kappa shape index (κ2) is 6.69. The molecule has 0 radical (unpaired) electrons. The Labute approximate surface area is 117 Å². The molecular formula is C14H20ClNOS. The number of rotatable bonds is 4. The van der Waals surface area contributed by atoms with Crippen molar-refractivity contribution in [2.45, 2.75) is 48.8 Å². The highest BCUT2D eigenvalue weighted by Crippen LogP contribution is 2.29. The van der Waals surface area contributed by atoms with Gasteiger partial charge in [0.05, 0.1) is 20.7 Å². The second-order valence-corrected chi connectivity index (χ2v) is 6.88. The SMILES string of the molecule is CCNC1CCCC(S(=O)c2ccccc2Cl)C1. The lowest BCUT2D eigenvalue weighted by Gasteiger charge is -2.29. The molecule has 1 aromatic carbocycles. The second-order valence-electron chi connectivity index (χ2n) is 4.77. The fourth-order valence-electron chi connectivity index (χ4n) is 2.60. The molecule has 0 heterocycles. The van der Waals surface area contributed by atoms with E-state index in [0.29, 0.717) is 11.1 Å². The van der Waals surface area contributed by atoms with Crippen molar-refractivity contribution in [1.82, 2.24) is 5.32 Å². The Morgan fingerprint density at radius 1 is 1.39 bits per heavy atom. The summed E-state index contributed by atoms with van der Waals surface area (Å²) in [5.41, 5.74) is 0. The molecule has 1 saturated carbocycles. The third kappa shape index (κ3) is 3.34. The van der Waals surface area contributed by atoms with Crippen LogP contribution in [0.2, 0.25) is 5.02 Å². The highest BCUT2D eigenvalue weighted by atomic mass is 35.5. The molecule has 1 N–H and O–H groups in total. The molecule has 2 nitrogen and oxygen atoms in total. The zero-order valence-corrected chi connectivity index (χ0v) is 12.3. The number of benzene rings is 1. The minimum atomic E-state index is -0.978. The Morgan fingerprint density at radius 3 is 2.89 bits per heavy atom. The first-order valence-electron chi connectivity index (χ1n) is 6.61. The number of nitrogens with one attached hydrogen (secondary N) is 1. The van der Waals surface area contributed by atoms with Crippen molar-refractivity contribution in [3.8, 4) is 0 Å². The van der Waals surface area contributed by atoms with E-state index in [-0.39, 0.29) is 5.25 Å². The van der Waals surface area contributed by atoms with Crippen molar-refractivity contribution in [3.05, 3.63) is 29.3 Å². The van der Waals surface area contributed by atoms with E-state index in [1.165, 1.54) is 6.42 Å². The summed E-state index contributed by atoms with van der Waals surface area (Å²) < 4.78 is 12.6. The van der Waals surface area contributed by atoms with Gasteiger partial charge in [-0.25, -0.2) is 0 Å². The molecular weight excluding hydrogens is 266 g/mol. The predicted molar refractivity (Wildman–Crippen MR) is 77.6 cm³/mol. The van der Waals surface area contributed by atoms with Crippen LogP contribution in [-0.2, 0) is 10.8 Å². The van der Waals surface area contributed by atoms with Crippen molar-refractivity contribution in [2.75, 3.05) is 6.54 Å². The highest BCUT2D eigenvalue weighted by Gasteiger charge is 2.27. The fourth-order valence-corrected chi connectivity index (χ4v) is 4.58. The van der Waals surface area contributed by atoms with Crippen molar-refractivity contribution in [2.24, 2.45) is 0 Å². The average molecular weight is 286 g/mol. The smallest absolute Gasteiger partial charge is 0.0577 e. The fraction of sp³-hybridized carbons (Fsp3) is 0.571. The van der Waals surface area contributed by atoms with E-state index < -0.39 is 10.8 Å². The average Bonchev–Trinajstić information content (AvgIpc) is 2.39. The Kier molecular flexibility index (Phi) is 5.22. The van der Waals surface area contributed by atoms with Crippen molar-refractivity contribution >= 4 is 22.4 Å². The minimum Gasteiger partial charge on any atom is -0.314 e. The van der Waals surface area contributed by atoms with Crippen LogP contribution in [0, 0.1) is 0 Å². The Hall–Kier alpha value is -0.380. The molecule has 0 bridgehead atoms. The molecule has 0 saturated heterocycles. The quantitative estimate of drug-likeness (QED) is 0.919. The summed E-state index contributed by atoms with van der Waals surface area (Å²) in [7, 11) is -0.978. The van der Waals surface area contributed by atoms with E-state index in [4.69, 9.17) is 11.6 Å². The zero-order chi connectivity index (χ0) is 13.0. The Balaban J connectivity index is 2.07. The first kappa shape index (κ1) is 14.0. The summed E-state index contributed by atoms with van der Waals surface area (Å²) in [6.07, 6.45) is 4.38. The molecule has 0 amide bonds. The van der Waals surface area contributed by atoms with E-state index in [2.05, 4.69) is 12.2 Å². The molecule has 2 rings (SSSR count). The lowest BCUT2D eigenvalue weighted by molar-refractivity contribution is 0.383. The molecule has 1 aromatic rings. The third-order valence-electron chi connectivity index (χ3n) is 3.48. The molecule has 0 aliphatic heterocycles. The van der Waals surface area contributed by atoms with Gasteiger partial charge in [-0.05, 0) is 37.9 Å². The molecule has 4 heteroatoms. The van der Waals surface area contributed by atoms with E-state index in [9.17, 15) is 4.21 Å². The molecule has 100 valence electrons. The Morgan fingerprint density at radius 2 is 2.17 bits per heavy atom. The zero-order valence-electron chi connectivity index (χ0n) is 10.7. The summed E-state index contributed by atoms with van der Waals surface area (Å²) in [5.74, 6) is 0. The van der Waals surface area contributed by atoms with Gasteiger partial charge in [0, 0.05) is 11.3 Å². The molecule has 18 heavy (non-hydrogen) atoms. The van der Waals surface area contributed by atoms with E-state index in [1.807, 2.05) is 24.3 Å². The molecule has 3 unspecified atom stereocenters. The van der Waals surface area contributed by atoms with Crippen molar-refractivity contribution < 1.29 is 4.21 Å². The van der Waals surface area contributed by atoms with Gasteiger partial charge < -0.3 is 5.32 Å². The predicted octanol–water partition coefficient (Wildman–Crippen LogP) is 3.37. The lowest BCUT2D eigenvalue weighted by Crippen LogP contribution is -2.37. The van der Waals surface area contributed by atoms with E-state index in [1.54, 1.807) is 0 Å². The van der Waals surface area contributed by atoms with Gasteiger partial charge >= 0.3 is 0 Å². The van der Waals surface area contributed by atoms with E-state index in [0.717, 1.165) is 30.7 Å². The van der Waals surface area contributed by atoms with Crippen LogP contribution in [0.3, 0.4) is 0 Å². The van der Waals surface area contributed by atoms with Gasteiger partial charge in [-0.3, -0.25) is 4.21 Å². The van der Waals surface area contributed by atoms with Crippen LogP contribution >= 0.6 is 11.6 Å². The van der Waals surface area contributed by atoms with Gasteiger partial charge in [-0.1, -0.05) is 37.1 Å². The van der Waals surface area contributed by atoms with Crippen LogP contribution in [0.15, 0.2) is 29.2 Å². The van der Waals surface area contributed by atoms with E-state index >= 15 is 0 Å². The summed E-state index contributed by atoms with van der Waals surface area (Å²) in [6, 6.07) is 8.00. The number of halogens is 1. The van der Waals surface area contributed by atoms with Gasteiger partial charge in [0.2, 0.25) is 0 Å². The molecule has 0 aromatic heterocycles. The van der Waals surface area contributed by atoms with Gasteiger partial charge in [-0.2, -0.15) is 0 Å². The molecule has 1 aliphatic carbocycles. The van der Waals surface area contributed by atoms with Crippen LogP contribution in [-0.4, -0.2) is 22.0 Å². The molecule has 3 atom stereocenters. The van der Waals surface area contributed by atoms with Crippen LogP contribution in [0.5, 0.6) is 0 Å². The van der Waals surface area contributed by atoms with Gasteiger partial charge in [0.15, 0.2) is 0 Å². The maximum absolute atomic E-state index is 12.6. The number of hydrogen-bond acceptors (Lipinski definition) is 2. The first-order valence-corrected chi connectivity index (χ1v) is 8.20. The largest absolute Gasteiger partial charge is 0.314 e. The van der Waals surface area contributed by atoms with Crippen molar-refractivity contribution in [3.63, 3.8) is 0 Å². The lowest BCUT2D eigenvalue weighted by atomic mass is 9.95. The van der Waals surface area contributed by atoms with Crippen LogP contribution < -0.4 is 5.32 Å². The monoisotopic (exact) mass is 285 g/mol. The number of hydrogen-bond donors (Lipinski definition) is 1. The summed E-state index contributed by atoms with van der Waals surface area (Å²) in [5, 5.41) is 4.33. The summed E-state index contributed by atoms with van der Waals surface area (Å²) in [6.45, 7) is 3.10. The van der Waals surface area contributed by atoms with Crippen LogP contribution in [0.1, 0.15) is 32.6 Å². The molecule has 0 spiro atoms. The third-order valence-corrected chi connectivity index (χ3v) is 5.74. The Bertz CT molecular complexity index is 422. The van der Waals surface area contributed by atoms with Gasteiger partial charge in [0.1, 0.15) is 0 Å². The molecule has 1 fully saturated rings. The topological polar surface area (TPSA) is 29.1 Å². The summed E-state index contributed by atoms with van der Waals surface area (Å²) in [4.78, 5) is 0.793. The molecule has 1 aliphatic rings. The highest BCUT2D eigenvalue weighted by molar-refractivity contribution is 7.85. The van der Waals surface area contributed by atoms with Gasteiger partial charge in [-0.15, -0.1) is 0 Å².